The van der Waals surface area contributed by atoms with Crippen LogP contribution in [0.25, 0.3) is 0 Å². The zero-order valence-electron chi connectivity index (χ0n) is 12.3. The van der Waals surface area contributed by atoms with Crippen molar-refractivity contribution in [1.29, 1.82) is 0 Å². The molecular formula is C17H25BO. The summed E-state index contributed by atoms with van der Waals surface area (Å²) in [6, 6.07) is 8.67. The Hall–Kier alpha value is -0.915. The molecule has 0 heterocycles. The van der Waals surface area contributed by atoms with E-state index in [0.29, 0.717) is 12.0 Å². The van der Waals surface area contributed by atoms with Crippen molar-refractivity contribution < 1.29 is 4.74 Å². The summed E-state index contributed by atoms with van der Waals surface area (Å²) >= 11 is 0. The molecule has 0 aromatic heterocycles. The largest absolute Gasteiger partial charge is 0.490 e. The van der Waals surface area contributed by atoms with Crippen LogP contribution in [0.15, 0.2) is 24.3 Å². The SMILES string of the molecule is [B]CCC1CC(Oc2ccc(C(C)CCC)cc2)C1. The summed E-state index contributed by atoms with van der Waals surface area (Å²) in [6.07, 6.45) is 7.20. The number of rotatable bonds is 7. The van der Waals surface area contributed by atoms with Gasteiger partial charge in [-0.3, -0.25) is 0 Å². The van der Waals surface area contributed by atoms with Gasteiger partial charge in [0.2, 0.25) is 0 Å². The first-order valence-corrected chi connectivity index (χ1v) is 7.69. The molecule has 1 saturated carbocycles. The molecule has 0 bridgehead atoms. The normalized spacial score (nSPS) is 23.7. The fourth-order valence-corrected chi connectivity index (χ4v) is 2.91. The molecule has 102 valence electrons. The average Bonchev–Trinajstić information content (AvgIpc) is 2.37. The predicted molar refractivity (Wildman–Crippen MR) is 82.1 cm³/mol. The van der Waals surface area contributed by atoms with Gasteiger partial charge in [-0.05, 0) is 48.8 Å². The van der Waals surface area contributed by atoms with E-state index in [4.69, 9.17) is 12.6 Å². The molecular weight excluding hydrogens is 231 g/mol. The standard InChI is InChI=1S/C17H25BO/c1-3-4-13(2)15-5-7-16(8-6-15)19-17-11-14(12-17)9-10-18/h5-8,13-14,17H,3-4,9-12H2,1-2H3. The highest BCUT2D eigenvalue weighted by Gasteiger charge is 2.29. The highest BCUT2D eigenvalue weighted by molar-refractivity contribution is 6.08. The van der Waals surface area contributed by atoms with Gasteiger partial charge in [-0.2, -0.15) is 0 Å². The average molecular weight is 256 g/mol. The van der Waals surface area contributed by atoms with Crippen LogP contribution in [0.1, 0.15) is 57.4 Å². The van der Waals surface area contributed by atoms with Crippen molar-refractivity contribution in [2.75, 3.05) is 0 Å². The van der Waals surface area contributed by atoms with Gasteiger partial charge in [0.05, 0.1) is 14.0 Å². The molecule has 1 atom stereocenters. The second kappa shape index (κ2) is 7.02. The second-order valence-corrected chi connectivity index (χ2v) is 5.91. The lowest BCUT2D eigenvalue weighted by atomic mass is 9.77. The Labute approximate surface area is 119 Å². The zero-order chi connectivity index (χ0) is 13.7. The smallest absolute Gasteiger partial charge is 0.119 e. The third-order valence-electron chi connectivity index (χ3n) is 4.24. The van der Waals surface area contributed by atoms with E-state index in [0.717, 1.165) is 24.4 Å². The van der Waals surface area contributed by atoms with Gasteiger partial charge in [0.15, 0.2) is 0 Å². The number of hydrogen-bond acceptors (Lipinski definition) is 1. The highest BCUT2D eigenvalue weighted by Crippen LogP contribution is 2.34. The van der Waals surface area contributed by atoms with Crippen LogP contribution >= 0.6 is 0 Å². The molecule has 1 unspecified atom stereocenters. The van der Waals surface area contributed by atoms with Gasteiger partial charge < -0.3 is 4.74 Å². The molecule has 0 N–H and O–H groups in total. The lowest BCUT2D eigenvalue weighted by Crippen LogP contribution is -2.33. The summed E-state index contributed by atoms with van der Waals surface area (Å²) in [5.74, 6) is 2.46. The van der Waals surface area contributed by atoms with Crippen molar-refractivity contribution in [3.8, 4) is 5.75 Å². The van der Waals surface area contributed by atoms with Gasteiger partial charge in [0, 0.05) is 0 Å². The molecule has 19 heavy (non-hydrogen) atoms. The molecule has 1 aromatic rings. The van der Waals surface area contributed by atoms with Gasteiger partial charge in [-0.15, -0.1) is 0 Å². The van der Waals surface area contributed by atoms with Crippen molar-refractivity contribution in [2.24, 2.45) is 5.92 Å². The van der Waals surface area contributed by atoms with Gasteiger partial charge in [-0.25, -0.2) is 0 Å². The summed E-state index contributed by atoms with van der Waals surface area (Å²) in [5, 5.41) is 0. The first-order valence-electron chi connectivity index (χ1n) is 7.69. The van der Waals surface area contributed by atoms with E-state index in [1.807, 2.05) is 0 Å². The van der Waals surface area contributed by atoms with Crippen LogP contribution in [0.3, 0.4) is 0 Å². The third-order valence-corrected chi connectivity index (χ3v) is 4.24. The fourth-order valence-electron chi connectivity index (χ4n) is 2.91. The van der Waals surface area contributed by atoms with E-state index in [9.17, 15) is 0 Å². The third kappa shape index (κ3) is 4.02. The van der Waals surface area contributed by atoms with E-state index >= 15 is 0 Å². The van der Waals surface area contributed by atoms with E-state index in [2.05, 4.69) is 38.1 Å². The zero-order valence-corrected chi connectivity index (χ0v) is 12.3. The van der Waals surface area contributed by atoms with Crippen molar-refractivity contribution in [3.05, 3.63) is 29.8 Å². The molecule has 1 aliphatic carbocycles. The summed E-state index contributed by atoms with van der Waals surface area (Å²) in [7, 11) is 5.57. The molecule has 0 aliphatic heterocycles. The van der Waals surface area contributed by atoms with Crippen LogP contribution < -0.4 is 4.74 Å². The van der Waals surface area contributed by atoms with Crippen LogP contribution in [-0.2, 0) is 0 Å². The van der Waals surface area contributed by atoms with Crippen LogP contribution in [0, 0.1) is 5.92 Å². The molecule has 1 nitrogen and oxygen atoms in total. The summed E-state index contributed by atoms with van der Waals surface area (Å²) in [5.41, 5.74) is 1.42. The summed E-state index contributed by atoms with van der Waals surface area (Å²) < 4.78 is 5.98. The van der Waals surface area contributed by atoms with Crippen LogP contribution in [0.2, 0.25) is 6.32 Å². The topological polar surface area (TPSA) is 9.23 Å². The van der Waals surface area contributed by atoms with Crippen molar-refractivity contribution in [2.45, 2.75) is 64.3 Å². The molecule has 0 saturated heterocycles. The van der Waals surface area contributed by atoms with Gasteiger partial charge in [0.25, 0.3) is 0 Å². The first-order chi connectivity index (χ1) is 9.22. The van der Waals surface area contributed by atoms with Crippen molar-refractivity contribution in [1.82, 2.24) is 0 Å². The molecule has 2 heteroatoms. The minimum absolute atomic E-state index is 0.412. The molecule has 2 radical (unpaired) electrons. The number of hydrogen-bond donors (Lipinski definition) is 0. The predicted octanol–water partition coefficient (Wildman–Crippen LogP) is 4.72. The Bertz CT molecular complexity index is 367. The molecule has 0 amide bonds. The Morgan fingerprint density at radius 1 is 1.26 bits per heavy atom. The highest BCUT2D eigenvalue weighted by atomic mass is 16.5. The lowest BCUT2D eigenvalue weighted by molar-refractivity contribution is 0.0632. The van der Waals surface area contributed by atoms with Crippen LogP contribution in [0.5, 0.6) is 5.75 Å². The van der Waals surface area contributed by atoms with E-state index < -0.39 is 0 Å². The number of benzene rings is 1. The lowest BCUT2D eigenvalue weighted by Gasteiger charge is -2.35. The molecule has 2 rings (SSSR count). The van der Waals surface area contributed by atoms with Crippen LogP contribution in [-0.4, -0.2) is 14.0 Å². The van der Waals surface area contributed by atoms with E-state index in [1.54, 1.807) is 0 Å². The van der Waals surface area contributed by atoms with E-state index in [1.165, 1.54) is 31.2 Å². The fraction of sp³-hybridized carbons (Fsp3) is 0.647. The number of ether oxygens (including phenoxy) is 1. The second-order valence-electron chi connectivity index (χ2n) is 5.91. The van der Waals surface area contributed by atoms with Gasteiger partial charge in [-0.1, -0.05) is 45.1 Å². The van der Waals surface area contributed by atoms with Crippen molar-refractivity contribution in [3.63, 3.8) is 0 Å². The quantitative estimate of drug-likeness (QED) is 0.641. The maximum atomic E-state index is 5.98. The minimum Gasteiger partial charge on any atom is -0.490 e. The molecule has 1 aliphatic rings. The summed E-state index contributed by atoms with van der Waals surface area (Å²) in [6.45, 7) is 4.53. The van der Waals surface area contributed by atoms with E-state index in [-0.39, 0.29) is 0 Å². The summed E-state index contributed by atoms with van der Waals surface area (Å²) in [4.78, 5) is 0. The molecule has 1 fully saturated rings. The van der Waals surface area contributed by atoms with Crippen molar-refractivity contribution >= 4 is 7.85 Å². The minimum atomic E-state index is 0.412. The maximum Gasteiger partial charge on any atom is 0.119 e. The monoisotopic (exact) mass is 256 g/mol. The first kappa shape index (κ1) is 14.5. The molecule has 0 spiro atoms. The van der Waals surface area contributed by atoms with Gasteiger partial charge in [0.1, 0.15) is 5.75 Å². The Balaban J connectivity index is 1.80. The Morgan fingerprint density at radius 2 is 1.95 bits per heavy atom. The molecule has 1 aromatic carbocycles. The maximum absolute atomic E-state index is 5.98. The van der Waals surface area contributed by atoms with Gasteiger partial charge >= 0.3 is 0 Å². The Morgan fingerprint density at radius 3 is 2.53 bits per heavy atom. The van der Waals surface area contributed by atoms with Crippen LogP contribution in [0.4, 0.5) is 0 Å². The Kier molecular flexibility index (Phi) is 5.36.